The number of hydrogen-bond acceptors (Lipinski definition) is 2. The van der Waals surface area contributed by atoms with Crippen molar-refractivity contribution < 1.29 is 9.31 Å². The average molecular weight is 168 g/mol. The van der Waals surface area contributed by atoms with Gasteiger partial charge in [0.2, 0.25) is 0 Å². The topological polar surface area (TPSA) is 18.5 Å². The van der Waals surface area contributed by atoms with Crippen LogP contribution < -0.4 is 0 Å². The molecule has 1 aliphatic rings. The van der Waals surface area contributed by atoms with E-state index in [9.17, 15) is 0 Å². The molecule has 68 valence electrons. The van der Waals surface area contributed by atoms with Gasteiger partial charge in [0.1, 0.15) is 5.60 Å². The number of hydrogen-bond donors (Lipinski definition) is 0. The van der Waals surface area contributed by atoms with Gasteiger partial charge in [0, 0.05) is 5.31 Å². The third-order valence-electron chi connectivity index (χ3n) is 2.03. The lowest BCUT2D eigenvalue weighted by molar-refractivity contribution is 0.163. The Morgan fingerprint density at radius 1 is 1.33 bits per heavy atom. The first-order valence-corrected chi connectivity index (χ1v) is 4.27. The van der Waals surface area contributed by atoms with E-state index in [-0.39, 0.29) is 18.0 Å². The van der Waals surface area contributed by atoms with Crippen LogP contribution >= 0.6 is 0 Å². The molecule has 1 rings (SSSR count). The zero-order valence-electron chi connectivity index (χ0n) is 8.60. The van der Waals surface area contributed by atoms with Gasteiger partial charge in [-0.3, -0.25) is 0 Å². The Kier molecular flexibility index (Phi) is 2.03. The Hall–Kier alpha value is -0.435. The van der Waals surface area contributed by atoms with Crippen LogP contribution in [0.4, 0.5) is 0 Å². The van der Waals surface area contributed by atoms with Gasteiger partial charge in [-0.1, -0.05) is 27.4 Å². The smallest absolute Gasteiger partial charge is 0.531 e. The molecule has 0 amide bonds. The van der Waals surface area contributed by atoms with Crippen LogP contribution in [0.1, 0.15) is 34.6 Å². The SMILES string of the molecule is C=C1OB(C(C)(C)C)OC1(C)C. The minimum Gasteiger partial charge on any atom is -0.537 e. The summed E-state index contributed by atoms with van der Waals surface area (Å²) in [6.45, 7) is 14.0. The summed E-state index contributed by atoms with van der Waals surface area (Å²) < 4.78 is 11.2. The molecule has 0 aromatic heterocycles. The average Bonchev–Trinajstić information content (AvgIpc) is 2.06. The van der Waals surface area contributed by atoms with Gasteiger partial charge in [0.15, 0.2) is 0 Å². The van der Waals surface area contributed by atoms with Crippen molar-refractivity contribution in [3.05, 3.63) is 12.3 Å². The molecule has 0 aromatic rings. The summed E-state index contributed by atoms with van der Waals surface area (Å²) in [7, 11) is -0.167. The van der Waals surface area contributed by atoms with E-state index < -0.39 is 0 Å². The van der Waals surface area contributed by atoms with Crippen LogP contribution in [-0.4, -0.2) is 12.7 Å². The second-order valence-corrected chi connectivity index (χ2v) is 4.87. The van der Waals surface area contributed by atoms with E-state index in [1.165, 1.54) is 0 Å². The molecule has 1 heterocycles. The minimum atomic E-state index is -0.335. The van der Waals surface area contributed by atoms with E-state index >= 15 is 0 Å². The summed E-state index contributed by atoms with van der Waals surface area (Å²) in [5.74, 6) is 0.724. The lowest BCUT2D eigenvalue weighted by atomic mass is 9.61. The summed E-state index contributed by atoms with van der Waals surface area (Å²) in [6, 6.07) is 0. The fraction of sp³-hybridized carbons (Fsp3) is 0.778. The van der Waals surface area contributed by atoms with E-state index in [0.29, 0.717) is 0 Å². The molecule has 3 heteroatoms. The van der Waals surface area contributed by atoms with Crippen molar-refractivity contribution in [1.29, 1.82) is 0 Å². The van der Waals surface area contributed by atoms with Crippen LogP contribution in [0.5, 0.6) is 0 Å². The van der Waals surface area contributed by atoms with Gasteiger partial charge in [-0.2, -0.15) is 0 Å². The maximum absolute atomic E-state index is 5.70. The van der Waals surface area contributed by atoms with Gasteiger partial charge in [0.25, 0.3) is 0 Å². The molecule has 0 aromatic carbocycles. The molecule has 0 unspecified atom stereocenters. The molecule has 0 radical (unpaired) electrons. The molecule has 0 spiro atoms. The van der Waals surface area contributed by atoms with Crippen LogP contribution in [0.15, 0.2) is 12.3 Å². The van der Waals surface area contributed by atoms with Gasteiger partial charge in [0.05, 0.1) is 5.76 Å². The van der Waals surface area contributed by atoms with Gasteiger partial charge < -0.3 is 9.31 Å². The summed E-state index contributed by atoms with van der Waals surface area (Å²) in [6.07, 6.45) is 0. The molecular weight excluding hydrogens is 151 g/mol. The molecule has 12 heavy (non-hydrogen) atoms. The van der Waals surface area contributed by atoms with Crippen LogP contribution in [0, 0.1) is 0 Å². The first-order valence-electron chi connectivity index (χ1n) is 4.27. The lowest BCUT2D eigenvalue weighted by Crippen LogP contribution is -2.30. The van der Waals surface area contributed by atoms with Crippen molar-refractivity contribution in [1.82, 2.24) is 0 Å². The summed E-state index contributed by atoms with van der Waals surface area (Å²) >= 11 is 0. The summed E-state index contributed by atoms with van der Waals surface area (Å²) in [5.41, 5.74) is -0.335. The Bertz CT molecular complexity index is 203. The van der Waals surface area contributed by atoms with Gasteiger partial charge >= 0.3 is 7.12 Å². The van der Waals surface area contributed by atoms with Crippen LogP contribution in [-0.2, 0) is 9.31 Å². The molecule has 0 aliphatic carbocycles. The Labute approximate surface area is 75.1 Å². The van der Waals surface area contributed by atoms with Crippen molar-refractivity contribution in [3.8, 4) is 0 Å². The highest BCUT2D eigenvalue weighted by Crippen LogP contribution is 2.39. The predicted molar refractivity (Wildman–Crippen MR) is 50.9 cm³/mol. The van der Waals surface area contributed by atoms with Gasteiger partial charge in [-0.15, -0.1) is 0 Å². The van der Waals surface area contributed by atoms with Crippen molar-refractivity contribution in [3.63, 3.8) is 0 Å². The molecule has 0 bridgehead atoms. The summed E-state index contributed by atoms with van der Waals surface area (Å²) in [4.78, 5) is 0. The molecule has 0 saturated carbocycles. The monoisotopic (exact) mass is 168 g/mol. The van der Waals surface area contributed by atoms with E-state index in [4.69, 9.17) is 9.31 Å². The highest BCUT2D eigenvalue weighted by Gasteiger charge is 2.48. The van der Waals surface area contributed by atoms with Crippen molar-refractivity contribution in [2.75, 3.05) is 0 Å². The fourth-order valence-electron chi connectivity index (χ4n) is 0.982. The normalized spacial score (nSPS) is 22.8. The standard InChI is InChI=1S/C9H17BO2/c1-7-9(5,6)12-10(11-7)8(2,3)4/h1H2,2-6H3. The second-order valence-electron chi connectivity index (χ2n) is 4.87. The molecule has 1 fully saturated rings. The van der Waals surface area contributed by atoms with Crippen molar-refractivity contribution in [2.24, 2.45) is 0 Å². The molecule has 0 N–H and O–H groups in total. The third kappa shape index (κ3) is 1.66. The first kappa shape index (κ1) is 9.65. The highest BCUT2D eigenvalue weighted by molar-refractivity contribution is 6.49. The lowest BCUT2D eigenvalue weighted by Gasteiger charge is -2.21. The van der Waals surface area contributed by atoms with E-state index in [2.05, 4.69) is 27.4 Å². The molecular formula is C9H17BO2. The molecule has 0 atom stereocenters. The number of rotatable bonds is 0. The molecule has 1 saturated heterocycles. The minimum absolute atomic E-state index is 0.0106. The third-order valence-corrected chi connectivity index (χ3v) is 2.03. The first-order chi connectivity index (χ1) is 5.23. The van der Waals surface area contributed by atoms with Gasteiger partial charge in [-0.25, -0.2) is 0 Å². The Morgan fingerprint density at radius 2 is 1.83 bits per heavy atom. The van der Waals surface area contributed by atoms with Crippen LogP contribution in [0.25, 0.3) is 0 Å². The maximum atomic E-state index is 5.70. The van der Waals surface area contributed by atoms with E-state index in [0.717, 1.165) is 5.76 Å². The van der Waals surface area contributed by atoms with Crippen LogP contribution in [0.3, 0.4) is 0 Å². The maximum Gasteiger partial charge on any atom is 0.531 e. The van der Waals surface area contributed by atoms with E-state index in [1.807, 2.05) is 13.8 Å². The predicted octanol–water partition coefficient (Wildman–Crippen LogP) is 2.61. The van der Waals surface area contributed by atoms with Crippen LogP contribution in [0.2, 0.25) is 5.31 Å². The largest absolute Gasteiger partial charge is 0.537 e. The molecule has 1 aliphatic heterocycles. The highest BCUT2D eigenvalue weighted by atomic mass is 16.7. The zero-order chi connectivity index (χ0) is 9.57. The van der Waals surface area contributed by atoms with Gasteiger partial charge in [-0.05, 0) is 13.8 Å². The fourth-order valence-corrected chi connectivity index (χ4v) is 0.982. The Morgan fingerprint density at radius 3 is 2.00 bits per heavy atom. The molecule has 2 nitrogen and oxygen atoms in total. The van der Waals surface area contributed by atoms with Crippen molar-refractivity contribution in [2.45, 2.75) is 45.5 Å². The second kappa shape index (κ2) is 2.53. The quantitative estimate of drug-likeness (QED) is 0.517. The summed E-state index contributed by atoms with van der Waals surface area (Å²) in [5, 5.41) is 0.0106. The zero-order valence-corrected chi connectivity index (χ0v) is 8.60. The Balaban J connectivity index is 2.74. The van der Waals surface area contributed by atoms with E-state index in [1.54, 1.807) is 0 Å². The van der Waals surface area contributed by atoms with Crippen molar-refractivity contribution >= 4 is 7.12 Å².